The number of likely N-dealkylation sites (tertiary alicyclic amines) is 1. The lowest BCUT2D eigenvalue weighted by Crippen LogP contribution is -2.39. The van der Waals surface area contributed by atoms with Gasteiger partial charge in [0.05, 0.1) is 6.54 Å². The van der Waals surface area contributed by atoms with Gasteiger partial charge in [-0.2, -0.15) is 0 Å². The zero-order chi connectivity index (χ0) is 19.1. The van der Waals surface area contributed by atoms with Crippen LogP contribution < -0.4 is 10.1 Å². The minimum absolute atomic E-state index is 0.115. The summed E-state index contributed by atoms with van der Waals surface area (Å²) in [6, 6.07) is 11.0. The maximum Gasteiger partial charge on any atom is 0.407 e. The summed E-state index contributed by atoms with van der Waals surface area (Å²) in [4.78, 5) is 29.5. The van der Waals surface area contributed by atoms with Crippen LogP contribution in [0.3, 0.4) is 0 Å². The number of nitrogens with zero attached hydrogens (tertiary/aromatic N) is 2. The highest BCUT2D eigenvalue weighted by Crippen LogP contribution is 2.25. The van der Waals surface area contributed by atoms with Crippen LogP contribution in [0, 0.1) is 0 Å². The third-order valence-corrected chi connectivity index (χ3v) is 4.41. The maximum atomic E-state index is 12.3. The monoisotopic (exact) mass is 389 g/mol. The van der Waals surface area contributed by atoms with Crippen molar-refractivity contribution in [3.8, 4) is 5.75 Å². The van der Waals surface area contributed by atoms with Gasteiger partial charge in [0.2, 0.25) is 5.91 Å². The summed E-state index contributed by atoms with van der Waals surface area (Å²) < 4.78 is 10.9. The minimum atomic E-state index is -0.622. The standard InChI is InChI=1S/C19H20ClN3O4/c20-16-10-21-8-6-17(16)27-15-7-9-23(12-15)18(24)11-22-19(25)26-13-14-4-2-1-3-5-14/h1-6,8,10,15H,7,9,11-13H2,(H,22,25). The van der Waals surface area contributed by atoms with Gasteiger partial charge >= 0.3 is 6.09 Å². The molecule has 0 aliphatic carbocycles. The molecule has 0 saturated carbocycles. The molecule has 1 aromatic carbocycles. The van der Waals surface area contributed by atoms with Crippen LogP contribution in [0.15, 0.2) is 48.8 Å². The molecule has 1 atom stereocenters. The van der Waals surface area contributed by atoms with E-state index in [0.29, 0.717) is 30.3 Å². The van der Waals surface area contributed by atoms with Gasteiger partial charge in [0, 0.05) is 31.4 Å². The van der Waals surface area contributed by atoms with Crippen molar-refractivity contribution in [2.24, 2.45) is 0 Å². The Morgan fingerprint density at radius 3 is 2.85 bits per heavy atom. The van der Waals surface area contributed by atoms with Gasteiger partial charge in [0.1, 0.15) is 30.0 Å². The maximum absolute atomic E-state index is 12.3. The number of rotatable bonds is 6. The Morgan fingerprint density at radius 1 is 1.26 bits per heavy atom. The third-order valence-electron chi connectivity index (χ3n) is 4.12. The Kier molecular flexibility index (Phi) is 6.49. The second kappa shape index (κ2) is 9.23. The van der Waals surface area contributed by atoms with Gasteiger partial charge in [0.25, 0.3) is 0 Å². The molecule has 27 heavy (non-hydrogen) atoms. The summed E-state index contributed by atoms with van der Waals surface area (Å²) >= 11 is 6.03. The topological polar surface area (TPSA) is 80.8 Å². The number of benzene rings is 1. The van der Waals surface area contributed by atoms with E-state index in [1.807, 2.05) is 30.3 Å². The first-order valence-corrected chi connectivity index (χ1v) is 8.98. The van der Waals surface area contributed by atoms with Gasteiger partial charge < -0.3 is 19.7 Å². The Labute approximate surface area is 162 Å². The van der Waals surface area contributed by atoms with Crippen molar-refractivity contribution < 1.29 is 19.1 Å². The molecule has 1 saturated heterocycles. The first-order chi connectivity index (χ1) is 13.1. The fourth-order valence-electron chi connectivity index (χ4n) is 2.72. The van der Waals surface area contributed by atoms with E-state index >= 15 is 0 Å². The Morgan fingerprint density at radius 2 is 2.07 bits per heavy atom. The van der Waals surface area contributed by atoms with Crippen LogP contribution in [-0.4, -0.2) is 47.6 Å². The molecule has 1 N–H and O–H groups in total. The van der Waals surface area contributed by atoms with Crippen LogP contribution in [0.2, 0.25) is 5.02 Å². The molecule has 7 nitrogen and oxygen atoms in total. The molecule has 1 aliphatic rings. The lowest BCUT2D eigenvalue weighted by molar-refractivity contribution is -0.129. The van der Waals surface area contributed by atoms with Crippen LogP contribution in [0.4, 0.5) is 4.79 Å². The van der Waals surface area contributed by atoms with Crippen LogP contribution in [0.1, 0.15) is 12.0 Å². The quantitative estimate of drug-likeness (QED) is 0.821. The van der Waals surface area contributed by atoms with Gasteiger partial charge in [-0.1, -0.05) is 41.9 Å². The minimum Gasteiger partial charge on any atom is -0.487 e. The van der Waals surface area contributed by atoms with Crippen molar-refractivity contribution >= 4 is 23.6 Å². The molecule has 0 radical (unpaired) electrons. The van der Waals surface area contributed by atoms with Crippen LogP contribution in [-0.2, 0) is 16.1 Å². The highest BCUT2D eigenvalue weighted by Gasteiger charge is 2.28. The molecule has 1 aliphatic heterocycles. The Hall–Kier alpha value is -2.80. The molecule has 1 fully saturated rings. The van der Waals surface area contributed by atoms with Gasteiger partial charge in [-0.25, -0.2) is 4.79 Å². The number of carbonyl (C=O) groups excluding carboxylic acids is 2. The number of halogens is 1. The Bertz CT molecular complexity index is 788. The smallest absolute Gasteiger partial charge is 0.407 e. The van der Waals surface area contributed by atoms with E-state index in [2.05, 4.69) is 10.3 Å². The molecular formula is C19H20ClN3O4. The summed E-state index contributed by atoms with van der Waals surface area (Å²) in [6.07, 6.45) is 3.05. The van der Waals surface area contributed by atoms with E-state index in [9.17, 15) is 9.59 Å². The van der Waals surface area contributed by atoms with Crippen molar-refractivity contribution in [1.82, 2.24) is 15.2 Å². The number of pyridine rings is 1. The highest BCUT2D eigenvalue weighted by atomic mass is 35.5. The van der Waals surface area contributed by atoms with E-state index in [4.69, 9.17) is 21.1 Å². The second-order valence-electron chi connectivity index (χ2n) is 6.09. The number of amides is 2. The molecule has 2 aromatic rings. The van der Waals surface area contributed by atoms with Crippen molar-refractivity contribution in [3.05, 3.63) is 59.4 Å². The van der Waals surface area contributed by atoms with Gasteiger partial charge in [0.15, 0.2) is 0 Å². The molecular weight excluding hydrogens is 370 g/mol. The van der Waals surface area contributed by atoms with Crippen molar-refractivity contribution in [2.45, 2.75) is 19.1 Å². The molecule has 8 heteroatoms. The van der Waals surface area contributed by atoms with Crippen molar-refractivity contribution in [2.75, 3.05) is 19.6 Å². The highest BCUT2D eigenvalue weighted by molar-refractivity contribution is 6.31. The number of hydrogen-bond donors (Lipinski definition) is 1. The lowest BCUT2D eigenvalue weighted by atomic mass is 10.2. The van der Waals surface area contributed by atoms with E-state index < -0.39 is 6.09 Å². The van der Waals surface area contributed by atoms with Gasteiger partial charge in [-0.3, -0.25) is 9.78 Å². The summed E-state index contributed by atoms with van der Waals surface area (Å²) in [5.41, 5.74) is 0.883. The number of aromatic nitrogens is 1. The first-order valence-electron chi connectivity index (χ1n) is 8.60. The largest absolute Gasteiger partial charge is 0.487 e. The Balaban J connectivity index is 1.38. The van der Waals surface area contributed by atoms with Gasteiger partial charge in [-0.15, -0.1) is 0 Å². The number of alkyl carbamates (subject to hydrolysis) is 1. The predicted molar refractivity (Wildman–Crippen MR) is 99.5 cm³/mol. The average Bonchev–Trinajstić information content (AvgIpc) is 3.16. The second-order valence-corrected chi connectivity index (χ2v) is 6.50. The van der Waals surface area contributed by atoms with Crippen molar-refractivity contribution in [3.63, 3.8) is 0 Å². The zero-order valence-corrected chi connectivity index (χ0v) is 15.4. The molecule has 0 bridgehead atoms. The van der Waals surface area contributed by atoms with E-state index in [1.54, 1.807) is 17.2 Å². The molecule has 1 aromatic heterocycles. The average molecular weight is 390 g/mol. The molecule has 2 amide bonds. The first kappa shape index (κ1) is 19.0. The zero-order valence-electron chi connectivity index (χ0n) is 14.6. The fourth-order valence-corrected chi connectivity index (χ4v) is 2.89. The van der Waals surface area contributed by atoms with E-state index in [0.717, 1.165) is 5.56 Å². The SMILES string of the molecule is O=C(NCC(=O)N1CCC(Oc2ccncc2Cl)C1)OCc1ccccc1. The summed E-state index contributed by atoms with van der Waals surface area (Å²) in [5.74, 6) is 0.368. The number of ether oxygens (including phenoxy) is 2. The summed E-state index contributed by atoms with van der Waals surface area (Å²) in [6.45, 7) is 1.05. The molecule has 0 spiro atoms. The van der Waals surface area contributed by atoms with Crippen LogP contribution in [0.5, 0.6) is 5.75 Å². The lowest BCUT2D eigenvalue weighted by Gasteiger charge is -2.18. The fraction of sp³-hybridized carbons (Fsp3) is 0.316. The molecule has 142 valence electrons. The third kappa shape index (κ3) is 5.59. The predicted octanol–water partition coefficient (Wildman–Crippen LogP) is 2.64. The normalized spacial score (nSPS) is 16.0. The van der Waals surface area contributed by atoms with Crippen LogP contribution in [0.25, 0.3) is 0 Å². The number of carbonyl (C=O) groups is 2. The number of hydrogen-bond acceptors (Lipinski definition) is 5. The molecule has 2 heterocycles. The van der Waals surface area contributed by atoms with Gasteiger partial charge in [-0.05, 0) is 5.56 Å². The van der Waals surface area contributed by atoms with Crippen LogP contribution >= 0.6 is 11.6 Å². The summed E-state index contributed by atoms with van der Waals surface area (Å²) in [7, 11) is 0. The molecule has 1 unspecified atom stereocenters. The van der Waals surface area contributed by atoms with E-state index in [1.165, 1.54) is 6.20 Å². The number of nitrogens with one attached hydrogen (secondary N) is 1. The molecule has 3 rings (SSSR count). The summed E-state index contributed by atoms with van der Waals surface area (Å²) in [5, 5.41) is 2.92. The van der Waals surface area contributed by atoms with Crippen molar-refractivity contribution in [1.29, 1.82) is 0 Å². The van der Waals surface area contributed by atoms with E-state index in [-0.39, 0.29) is 25.2 Å².